The number of carbonyl (C=O) groups excluding carboxylic acids is 1. The molecule has 2 atom stereocenters. The molecule has 2 fully saturated rings. The van der Waals surface area contributed by atoms with E-state index in [0.29, 0.717) is 5.92 Å². The number of rotatable bonds is 3. The van der Waals surface area contributed by atoms with E-state index in [4.69, 9.17) is 0 Å². The van der Waals surface area contributed by atoms with E-state index in [-0.39, 0.29) is 11.8 Å². The zero-order valence-electron chi connectivity index (χ0n) is 12.3. The van der Waals surface area contributed by atoms with Crippen molar-refractivity contribution in [2.75, 3.05) is 24.5 Å². The number of anilines is 1. The van der Waals surface area contributed by atoms with Crippen molar-refractivity contribution in [3.05, 3.63) is 54.6 Å². The number of amides is 1. The summed E-state index contributed by atoms with van der Waals surface area (Å²) in [5.41, 5.74) is 2.12. The van der Waals surface area contributed by atoms with Crippen molar-refractivity contribution < 1.29 is 4.79 Å². The number of fused-ring (bicyclic) bond motifs is 1. The molecular formula is C17H18N4O. The quantitative estimate of drug-likeness (QED) is 0.862. The third-order valence-corrected chi connectivity index (χ3v) is 4.60. The molecule has 0 saturated carbocycles. The van der Waals surface area contributed by atoms with Gasteiger partial charge >= 0.3 is 0 Å². The van der Waals surface area contributed by atoms with Crippen molar-refractivity contribution >= 4 is 11.6 Å². The van der Waals surface area contributed by atoms with Crippen LogP contribution in [0.2, 0.25) is 0 Å². The molecule has 2 saturated heterocycles. The highest BCUT2D eigenvalue weighted by Gasteiger charge is 2.46. The van der Waals surface area contributed by atoms with Crippen LogP contribution in [0.25, 0.3) is 0 Å². The van der Waals surface area contributed by atoms with E-state index < -0.39 is 0 Å². The molecule has 0 aromatic carbocycles. The third kappa shape index (κ3) is 2.37. The number of carbonyl (C=O) groups is 1. The van der Waals surface area contributed by atoms with E-state index >= 15 is 0 Å². The molecule has 2 aliphatic heterocycles. The monoisotopic (exact) mass is 294 g/mol. The van der Waals surface area contributed by atoms with E-state index in [9.17, 15) is 4.79 Å². The van der Waals surface area contributed by atoms with Gasteiger partial charge in [0.15, 0.2) is 0 Å². The maximum Gasteiger partial charge on any atom is 0.231 e. The van der Waals surface area contributed by atoms with Crippen LogP contribution in [0.3, 0.4) is 0 Å². The molecule has 0 aliphatic carbocycles. The van der Waals surface area contributed by atoms with Crippen LogP contribution in [0.5, 0.6) is 0 Å². The summed E-state index contributed by atoms with van der Waals surface area (Å²) in [6.07, 6.45) is 7.20. The Balaban J connectivity index is 1.44. The lowest BCUT2D eigenvalue weighted by Crippen LogP contribution is -2.32. The molecule has 112 valence electrons. The lowest BCUT2D eigenvalue weighted by molar-refractivity contribution is -0.120. The molecule has 2 aliphatic rings. The molecule has 0 N–H and O–H groups in total. The van der Waals surface area contributed by atoms with Crippen LogP contribution in [-0.4, -0.2) is 40.4 Å². The predicted molar refractivity (Wildman–Crippen MR) is 83.1 cm³/mol. The second-order valence-corrected chi connectivity index (χ2v) is 6.08. The summed E-state index contributed by atoms with van der Waals surface area (Å²) in [6, 6.07) is 7.89. The standard InChI is InChI=1S/C17H18N4O/c22-17-16-12-20(9-13-3-1-5-18-7-13)10-14(16)11-21(17)15-4-2-6-19-8-15/h1-8,14,16H,9-12H2/t14-,16-/m0/s1. The SMILES string of the molecule is O=C1[C@H]2CN(Cc3cccnc3)C[C@H]2CN1c1cccnc1. The highest BCUT2D eigenvalue weighted by Crippen LogP contribution is 2.35. The van der Waals surface area contributed by atoms with Crippen molar-refractivity contribution in [3.8, 4) is 0 Å². The first-order valence-electron chi connectivity index (χ1n) is 7.64. The number of likely N-dealkylation sites (tertiary alicyclic amines) is 1. The van der Waals surface area contributed by atoms with Gasteiger partial charge in [-0.3, -0.25) is 19.7 Å². The van der Waals surface area contributed by atoms with Gasteiger partial charge in [0.25, 0.3) is 0 Å². The molecule has 1 amide bonds. The van der Waals surface area contributed by atoms with E-state index in [1.807, 2.05) is 29.3 Å². The molecule has 4 rings (SSSR count). The molecule has 4 heterocycles. The Morgan fingerprint density at radius 2 is 1.86 bits per heavy atom. The smallest absolute Gasteiger partial charge is 0.231 e. The number of aromatic nitrogens is 2. The highest BCUT2D eigenvalue weighted by atomic mass is 16.2. The first-order valence-corrected chi connectivity index (χ1v) is 7.64. The Kier molecular flexibility index (Phi) is 3.35. The molecule has 2 aromatic heterocycles. The van der Waals surface area contributed by atoms with Gasteiger partial charge in [0, 0.05) is 50.7 Å². The van der Waals surface area contributed by atoms with Crippen molar-refractivity contribution in [2.45, 2.75) is 6.54 Å². The van der Waals surface area contributed by atoms with Crippen LogP contribution in [0.4, 0.5) is 5.69 Å². The number of nitrogens with zero attached hydrogens (tertiary/aromatic N) is 4. The van der Waals surface area contributed by atoms with Gasteiger partial charge in [0.05, 0.1) is 17.8 Å². The number of hydrogen-bond acceptors (Lipinski definition) is 4. The van der Waals surface area contributed by atoms with E-state index in [2.05, 4.69) is 20.9 Å². The zero-order chi connectivity index (χ0) is 14.9. The van der Waals surface area contributed by atoms with Crippen molar-refractivity contribution in [1.29, 1.82) is 0 Å². The summed E-state index contributed by atoms with van der Waals surface area (Å²) in [6.45, 7) is 3.50. The van der Waals surface area contributed by atoms with Gasteiger partial charge in [-0.05, 0) is 23.8 Å². The first kappa shape index (κ1) is 13.4. The molecule has 0 spiro atoms. The van der Waals surface area contributed by atoms with Gasteiger partial charge in [0.1, 0.15) is 0 Å². The summed E-state index contributed by atoms with van der Waals surface area (Å²) >= 11 is 0. The lowest BCUT2D eigenvalue weighted by atomic mass is 10.0. The van der Waals surface area contributed by atoms with Crippen LogP contribution in [0, 0.1) is 11.8 Å². The van der Waals surface area contributed by atoms with Crippen LogP contribution in [0.15, 0.2) is 49.1 Å². The Labute approximate surface area is 129 Å². The van der Waals surface area contributed by atoms with Gasteiger partial charge < -0.3 is 4.90 Å². The Hall–Kier alpha value is -2.27. The fraction of sp³-hybridized carbons (Fsp3) is 0.353. The maximum absolute atomic E-state index is 12.6. The van der Waals surface area contributed by atoms with Crippen LogP contribution < -0.4 is 4.90 Å². The average Bonchev–Trinajstić information content (AvgIpc) is 3.08. The minimum atomic E-state index is 0.122. The van der Waals surface area contributed by atoms with Crippen LogP contribution in [0.1, 0.15) is 5.56 Å². The Bertz CT molecular complexity index is 661. The largest absolute Gasteiger partial charge is 0.310 e. The highest BCUT2D eigenvalue weighted by molar-refractivity contribution is 5.97. The minimum absolute atomic E-state index is 0.122. The minimum Gasteiger partial charge on any atom is -0.310 e. The molecule has 5 nitrogen and oxygen atoms in total. The summed E-state index contributed by atoms with van der Waals surface area (Å²) in [5, 5.41) is 0. The summed E-state index contributed by atoms with van der Waals surface area (Å²) < 4.78 is 0. The van der Waals surface area contributed by atoms with Crippen molar-refractivity contribution in [1.82, 2.24) is 14.9 Å². The summed E-state index contributed by atoms with van der Waals surface area (Å²) in [5.74, 6) is 0.785. The fourth-order valence-electron chi connectivity index (χ4n) is 3.58. The summed E-state index contributed by atoms with van der Waals surface area (Å²) in [4.78, 5) is 25.2. The predicted octanol–water partition coefficient (Wildman–Crippen LogP) is 1.57. The maximum atomic E-state index is 12.6. The lowest BCUT2D eigenvalue weighted by Gasteiger charge is -2.21. The Morgan fingerprint density at radius 1 is 1.05 bits per heavy atom. The van der Waals surface area contributed by atoms with E-state index in [1.54, 1.807) is 18.6 Å². The van der Waals surface area contributed by atoms with Gasteiger partial charge in [0.2, 0.25) is 5.91 Å². The Morgan fingerprint density at radius 3 is 2.55 bits per heavy atom. The molecule has 2 aromatic rings. The van der Waals surface area contributed by atoms with Crippen molar-refractivity contribution in [3.63, 3.8) is 0 Å². The van der Waals surface area contributed by atoms with Crippen molar-refractivity contribution in [2.24, 2.45) is 11.8 Å². The fourth-order valence-corrected chi connectivity index (χ4v) is 3.58. The normalized spacial score (nSPS) is 24.7. The van der Waals surface area contributed by atoms with E-state index in [0.717, 1.165) is 31.9 Å². The van der Waals surface area contributed by atoms with Gasteiger partial charge in [-0.2, -0.15) is 0 Å². The molecule has 0 bridgehead atoms. The molecule has 0 unspecified atom stereocenters. The molecular weight excluding hydrogens is 276 g/mol. The molecule has 0 radical (unpaired) electrons. The van der Waals surface area contributed by atoms with Crippen LogP contribution in [-0.2, 0) is 11.3 Å². The van der Waals surface area contributed by atoms with Crippen LogP contribution >= 0.6 is 0 Å². The third-order valence-electron chi connectivity index (χ3n) is 4.60. The first-order chi connectivity index (χ1) is 10.8. The molecule has 5 heteroatoms. The second-order valence-electron chi connectivity index (χ2n) is 6.08. The number of hydrogen-bond donors (Lipinski definition) is 0. The molecule has 22 heavy (non-hydrogen) atoms. The topological polar surface area (TPSA) is 49.3 Å². The van der Waals surface area contributed by atoms with Gasteiger partial charge in [-0.25, -0.2) is 0 Å². The number of pyridine rings is 2. The summed E-state index contributed by atoms with van der Waals surface area (Å²) in [7, 11) is 0. The second kappa shape index (κ2) is 5.50. The van der Waals surface area contributed by atoms with Gasteiger partial charge in [-0.1, -0.05) is 6.07 Å². The van der Waals surface area contributed by atoms with E-state index in [1.165, 1.54) is 5.56 Å². The van der Waals surface area contributed by atoms with Gasteiger partial charge in [-0.15, -0.1) is 0 Å². The zero-order valence-corrected chi connectivity index (χ0v) is 12.3. The average molecular weight is 294 g/mol.